The summed E-state index contributed by atoms with van der Waals surface area (Å²) >= 11 is 0. The minimum Gasteiger partial charge on any atom is -0.355 e. The average molecular weight is 199 g/mol. The fourth-order valence-corrected chi connectivity index (χ4v) is 1.78. The second-order valence-corrected chi connectivity index (χ2v) is 3.55. The number of aryl methyl sites for hydroxylation is 1. The summed E-state index contributed by atoms with van der Waals surface area (Å²) in [4.78, 5) is 11.6. The van der Waals surface area contributed by atoms with Gasteiger partial charge in [-0.2, -0.15) is 0 Å². The van der Waals surface area contributed by atoms with E-state index < -0.39 is 0 Å². The molecule has 0 atom stereocenters. The largest absolute Gasteiger partial charge is 0.355 e. The van der Waals surface area contributed by atoms with Crippen molar-refractivity contribution in [3.05, 3.63) is 47.5 Å². The fraction of sp³-hybridized carbons (Fsp3) is 0.154. The minimum absolute atomic E-state index is 0.0359. The highest BCUT2D eigenvalue weighted by molar-refractivity contribution is 6.07. The van der Waals surface area contributed by atoms with Crippen LogP contribution >= 0.6 is 0 Å². The molecule has 2 heteroatoms. The fourth-order valence-electron chi connectivity index (χ4n) is 1.78. The molecule has 0 radical (unpaired) electrons. The average Bonchev–Trinajstić information content (AvgIpc) is 2.29. The van der Waals surface area contributed by atoms with Crippen LogP contribution in [0.4, 0.5) is 0 Å². The van der Waals surface area contributed by atoms with Gasteiger partial charge in [0.2, 0.25) is 0 Å². The van der Waals surface area contributed by atoms with E-state index in [4.69, 9.17) is 0 Å². The lowest BCUT2D eigenvalue weighted by Crippen LogP contribution is -2.18. The Balaban J connectivity index is 2.77. The highest BCUT2D eigenvalue weighted by Gasteiger charge is 2.08. The Morgan fingerprint density at radius 3 is 2.40 bits per heavy atom. The van der Waals surface area contributed by atoms with Crippen LogP contribution in [0.1, 0.15) is 15.9 Å². The molecule has 0 aliphatic carbocycles. The van der Waals surface area contributed by atoms with E-state index in [-0.39, 0.29) is 5.91 Å². The standard InChI is InChI=1S/C13H13NO/c1-9-7-8-12(13(15)14-2)11-6-4-3-5-10(9)11/h3-8H,1-2H3,(H,14,15). The summed E-state index contributed by atoms with van der Waals surface area (Å²) in [5.74, 6) is -0.0359. The number of carbonyl (C=O) groups is 1. The Morgan fingerprint density at radius 2 is 1.73 bits per heavy atom. The van der Waals surface area contributed by atoms with E-state index in [1.807, 2.05) is 36.4 Å². The van der Waals surface area contributed by atoms with Crippen molar-refractivity contribution in [1.29, 1.82) is 0 Å². The maximum absolute atomic E-state index is 11.6. The van der Waals surface area contributed by atoms with E-state index in [2.05, 4.69) is 12.2 Å². The summed E-state index contributed by atoms with van der Waals surface area (Å²) in [6, 6.07) is 11.8. The number of fused-ring (bicyclic) bond motifs is 1. The van der Waals surface area contributed by atoms with Crippen molar-refractivity contribution in [1.82, 2.24) is 5.32 Å². The van der Waals surface area contributed by atoms with Crippen LogP contribution in [-0.2, 0) is 0 Å². The smallest absolute Gasteiger partial charge is 0.251 e. The topological polar surface area (TPSA) is 29.1 Å². The first-order valence-corrected chi connectivity index (χ1v) is 4.94. The van der Waals surface area contributed by atoms with Crippen LogP contribution in [0.15, 0.2) is 36.4 Å². The van der Waals surface area contributed by atoms with Crippen LogP contribution in [0.2, 0.25) is 0 Å². The molecule has 2 nitrogen and oxygen atoms in total. The van der Waals surface area contributed by atoms with Gasteiger partial charge in [0.25, 0.3) is 5.91 Å². The first-order chi connectivity index (χ1) is 7.24. The normalized spacial score (nSPS) is 10.3. The van der Waals surface area contributed by atoms with Crippen LogP contribution in [-0.4, -0.2) is 13.0 Å². The SMILES string of the molecule is CNC(=O)c1ccc(C)c2ccccc12. The van der Waals surface area contributed by atoms with Gasteiger partial charge in [-0.25, -0.2) is 0 Å². The molecule has 1 amide bonds. The lowest BCUT2D eigenvalue weighted by Gasteiger charge is -2.07. The molecule has 0 unspecified atom stereocenters. The molecule has 0 saturated carbocycles. The molecule has 0 fully saturated rings. The first kappa shape index (κ1) is 9.71. The van der Waals surface area contributed by atoms with Gasteiger partial charge in [0.15, 0.2) is 0 Å². The van der Waals surface area contributed by atoms with Crippen LogP contribution < -0.4 is 5.32 Å². The zero-order valence-electron chi connectivity index (χ0n) is 8.87. The molecular formula is C13H13NO. The molecule has 0 aliphatic rings. The molecule has 0 bridgehead atoms. The molecule has 0 aliphatic heterocycles. The number of carbonyl (C=O) groups excluding carboxylic acids is 1. The van der Waals surface area contributed by atoms with E-state index >= 15 is 0 Å². The molecule has 2 aromatic carbocycles. The zero-order chi connectivity index (χ0) is 10.8. The Morgan fingerprint density at radius 1 is 1.07 bits per heavy atom. The molecule has 15 heavy (non-hydrogen) atoms. The van der Waals surface area contributed by atoms with Gasteiger partial charge in [-0.3, -0.25) is 4.79 Å². The molecule has 2 rings (SSSR count). The zero-order valence-corrected chi connectivity index (χ0v) is 8.87. The lowest BCUT2D eigenvalue weighted by atomic mass is 10.00. The number of hydrogen-bond donors (Lipinski definition) is 1. The van der Waals surface area contributed by atoms with Crippen molar-refractivity contribution in [2.75, 3.05) is 7.05 Å². The van der Waals surface area contributed by atoms with E-state index in [1.54, 1.807) is 7.05 Å². The highest BCUT2D eigenvalue weighted by atomic mass is 16.1. The van der Waals surface area contributed by atoms with Crippen molar-refractivity contribution in [3.63, 3.8) is 0 Å². The van der Waals surface area contributed by atoms with Crippen molar-refractivity contribution in [2.24, 2.45) is 0 Å². The second kappa shape index (κ2) is 3.73. The summed E-state index contributed by atoms with van der Waals surface area (Å²) in [5, 5.41) is 4.80. The third-order valence-corrected chi connectivity index (χ3v) is 2.61. The third kappa shape index (κ3) is 1.59. The van der Waals surface area contributed by atoms with Gasteiger partial charge < -0.3 is 5.32 Å². The Labute approximate surface area is 88.9 Å². The second-order valence-electron chi connectivity index (χ2n) is 3.55. The monoisotopic (exact) mass is 199 g/mol. The Hall–Kier alpha value is -1.83. The maximum Gasteiger partial charge on any atom is 0.251 e. The van der Waals surface area contributed by atoms with E-state index in [0.717, 1.165) is 16.3 Å². The van der Waals surface area contributed by atoms with Crippen molar-refractivity contribution in [3.8, 4) is 0 Å². The van der Waals surface area contributed by atoms with Crippen molar-refractivity contribution < 1.29 is 4.79 Å². The number of amides is 1. The van der Waals surface area contributed by atoms with Gasteiger partial charge in [-0.05, 0) is 29.3 Å². The van der Waals surface area contributed by atoms with E-state index in [9.17, 15) is 4.79 Å². The van der Waals surface area contributed by atoms with Gasteiger partial charge >= 0.3 is 0 Å². The number of rotatable bonds is 1. The quantitative estimate of drug-likeness (QED) is 0.751. The Bertz CT molecular complexity index is 517. The van der Waals surface area contributed by atoms with E-state index in [0.29, 0.717) is 0 Å². The van der Waals surface area contributed by atoms with Crippen LogP contribution in [0, 0.1) is 6.92 Å². The van der Waals surface area contributed by atoms with Gasteiger partial charge in [-0.1, -0.05) is 30.3 Å². The highest BCUT2D eigenvalue weighted by Crippen LogP contribution is 2.21. The van der Waals surface area contributed by atoms with Crippen molar-refractivity contribution in [2.45, 2.75) is 6.92 Å². The van der Waals surface area contributed by atoms with Gasteiger partial charge in [0.05, 0.1) is 0 Å². The molecule has 76 valence electrons. The molecular weight excluding hydrogens is 186 g/mol. The lowest BCUT2D eigenvalue weighted by molar-refractivity contribution is 0.0965. The minimum atomic E-state index is -0.0359. The predicted molar refractivity (Wildman–Crippen MR) is 62.1 cm³/mol. The van der Waals surface area contributed by atoms with Gasteiger partial charge in [-0.15, -0.1) is 0 Å². The number of benzene rings is 2. The van der Waals surface area contributed by atoms with Crippen LogP contribution in [0.3, 0.4) is 0 Å². The molecule has 2 aromatic rings. The molecule has 0 saturated heterocycles. The van der Waals surface area contributed by atoms with Crippen LogP contribution in [0.25, 0.3) is 10.8 Å². The summed E-state index contributed by atoms with van der Waals surface area (Å²) in [6.07, 6.45) is 0. The van der Waals surface area contributed by atoms with Crippen molar-refractivity contribution >= 4 is 16.7 Å². The van der Waals surface area contributed by atoms with Crippen LogP contribution in [0.5, 0.6) is 0 Å². The molecule has 1 N–H and O–H groups in total. The van der Waals surface area contributed by atoms with E-state index in [1.165, 1.54) is 5.56 Å². The first-order valence-electron chi connectivity index (χ1n) is 4.94. The third-order valence-electron chi connectivity index (χ3n) is 2.61. The predicted octanol–water partition coefficient (Wildman–Crippen LogP) is 2.51. The molecule has 0 aromatic heterocycles. The summed E-state index contributed by atoms with van der Waals surface area (Å²) in [6.45, 7) is 2.05. The maximum atomic E-state index is 11.6. The van der Waals surface area contributed by atoms with Gasteiger partial charge in [0, 0.05) is 12.6 Å². The summed E-state index contributed by atoms with van der Waals surface area (Å²) in [7, 11) is 1.65. The number of nitrogens with one attached hydrogen (secondary N) is 1. The number of hydrogen-bond acceptors (Lipinski definition) is 1. The summed E-state index contributed by atoms with van der Waals surface area (Å²) in [5.41, 5.74) is 1.93. The summed E-state index contributed by atoms with van der Waals surface area (Å²) < 4.78 is 0. The molecule has 0 heterocycles. The Kier molecular flexibility index (Phi) is 2.42. The molecule has 0 spiro atoms. The van der Waals surface area contributed by atoms with Gasteiger partial charge in [0.1, 0.15) is 0 Å².